The molecule has 0 saturated heterocycles. The molecule has 0 fully saturated rings. The van der Waals surface area contributed by atoms with Crippen LogP contribution >= 0.6 is 0 Å². The second-order valence-electron chi connectivity index (χ2n) is 3.63. The minimum absolute atomic E-state index is 0.00729. The highest BCUT2D eigenvalue weighted by atomic mass is 19.4. The molecule has 0 spiro atoms. The van der Waals surface area contributed by atoms with Gasteiger partial charge in [0, 0.05) is 0 Å². The summed E-state index contributed by atoms with van der Waals surface area (Å²) in [4.78, 5) is 11.1. The van der Waals surface area contributed by atoms with E-state index in [0.717, 1.165) is 18.2 Å². The molecule has 19 heavy (non-hydrogen) atoms. The molecule has 0 aliphatic carbocycles. The Morgan fingerprint density at radius 1 is 1.37 bits per heavy atom. The summed E-state index contributed by atoms with van der Waals surface area (Å²) < 4.78 is 47.2. The van der Waals surface area contributed by atoms with Gasteiger partial charge in [0.2, 0.25) is 0 Å². The number of rotatable bonds is 4. The third-order valence-electron chi connectivity index (χ3n) is 2.05. The van der Waals surface area contributed by atoms with E-state index >= 15 is 0 Å². The Balaban J connectivity index is 2.80. The van der Waals surface area contributed by atoms with Crippen LogP contribution in [0.5, 0.6) is 5.75 Å². The first kappa shape index (κ1) is 15.1. The lowest BCUT2D eigenvalue weighted by molar-refractivity contribution is -0.138. The highest BCUT2D eigenvalue weighted by molar-refractivity contribution is 5.82. The fraction of sp³-hybridized carbons (Fsp3) is 0.308. The maximum Gasteiger partial charge on any atom is 0.416 e. The van der Waals surface area contributed by atoms with Crippen molar-refractivity contribution in [1.82, 2.24) is 0 Å². The van der Waals surface area contributed by atoms with Crippen LogP contribution in [0.4, 0.5) is 13.2 Å². The molecule has 1 aromatic carbocycles. The molecular formula is C13H13F3O3. The van der Waals surface area contributed by atoms with Gasteiger partial charge in [0.25, 0.3) is 0 Å². The van der Waals surface area contributed by atoms with Gasteiger partial charge in [0.1, 0.15) is 11.5 Å². The molecule has 104 valence electrons. The Hall–Kier alpha value is -1.98. The van der Waals surface area contributed by atoms with E-state index in [4.69, 9.17) is 4.74 Å². The van der Waals surface area contributed by atoms with E-state index < -0.39 is 17.7 Å². The van der Waals surface area contributed by atoms with Crippen LogP contribution in [-0.4, -0.2) is 12.6 Å². The number of esters is 1. The summed E-state index contributed by atoms with van der Waals surface area (Å²) in [6.45, 7) is 3.32. The van der Waals surface area contributed by atoms with Crippen molar-refractivity contribution in [3.63, 3.8) is 0 Å². The molecular weight excluding hydrogens is 261 g/mol. The number of carbonyl (C=O) groups is 1. The first-order valence-corrected chi connectivity index (χ1v) is 5.53. The van der Waals surface area contributed by atoms with E-state index in [-0.39, 0.29) is 18.1 Å². The van der Waals surface area contributed by atoms with Crippen molar-refractivity contribution >= 4 is 5.97 Å². The maximum atomic E-state index is 12.5. The SMILES string of the molecule is CCOC(=O)/C=C(/C)Oc1cccc(C(F)(F)F)c1. The van der Waals surface area contributed by atoms with Crippen molar-refractivity contribution < 1.29 is 27.4 Å². The van der Waals surface area contributed by atoms with Gasteiger partial charge in [-0.05, 0) is 32.0 Å². The fourth-order valence-electron chi connectivity index (χ4n) is 1.30. The lowest BCUT2D eigenvalue weighted by Crippen LogP contribution is -2.05. The number of ether oxygens (including phenoxy) is 2. The zero-order valence-electron chi connectivity index (χ0n) is 10.5. The zero-order valence-corrected chi connectivity index (χ0v) is 10.5. The van der Waals surface area contributed by atoms with Crippen molar-refractivity contribution in [3.05, 3.63) is 41.7 Å². The van der Waals surface area contributed by atoms with Crippen LogP contribution in [0.25, 0.3) is 0 Å². The first-order valence-electron chi connectivity index (χ1n) is 5.53. The average Bonchev–Trinajstić information content (AvgIpc) is 2.28. The molecule has 6 heteroatoms. The van der Waals surface area contributed by atoms with Crippen molar-refractivity contribution in [1.29, 1.82) is 0 Å². The van der Waals surface area contributed by atoms with Crippen LogP contribution in [0.2, 0.25) is 0 Å². The largest absolute Gasteiger partial charge is 0.463 e. The summed E-state index contributed by atoms with van der Waals surface area (Å²) in [6, 6.07) is 4.41. The average molecular weight is 274 g/mol. The van der Waals surface area contributed by atoms with Crippen LogP contribution in [0, 0.1) is 0 Å². The van der Waals surface area contributed by atoms with Gasteiger partial charge < -0.3 is 9.47 Å². The Bertz CT molecular complexity index is 478. The maximum absolute atomic E-state index is 12.5. The van der Waals surface area contributed by atoms with Crippen molar-refractivity contribution in [2.75, 3.05) is 6.61 Å². The van der Waals surface area contributed by atoms with E-state index in [1.54, 1.807) is 6.92 Å². The summed E-state index contributed by atoms with van der Waals surface area (Å²) >= 11 is 0. The summed E-state index contributed by atoms with van der Waals surface area (Å²) in [5.74, 6) is -0.447. The molecule has 0 aliphatic rings. The van der Waals surface area contributed by atoms with Gasteiger partial charge in [-0.2, -0.15) is 13.2 Å². The van der Waals surface area contributed by atoms with Gasteiger partial charge in [0.15, 0.2) is 0 Å². The summed E-state index contributed by atoms with van der Waals surface area (Å²) in [5.41, 5.74) is -0.811. The molecule has 0 N–H and O–H groups in total. The van der Waals surface area contributed by atoms with E-state index in [9.17, 15) is 18.0 Å². The lowest BCUT2D eigenvalue weighted by atomic mass is 10.2. The summed E-state index contributed by atoms with van der Waals surface area (Å²) in [6.07, 6.45) is -3.36. The Morgan fingerprint density at radius 3 is 2.63 bits per heavy atom. The van der Waals surface area contributed by atoms with Gasteiger partial charge >= 0.3 is 12.1 Å². The molecule has 0 saturated carbocycles. The van der Waals surface area contributed by atoms with Gasteiger partial charge in [0.05, 0.1) is 18.2 Å². The predicted octanol–water partition coefficient (Wildman–Crippen LogP) is 3.55. The molecule has 0 amide bonds. The first-order chi connectivity index (χ1) is 8.82. The molecule has 0 atom stereocenters. The topological polar surface area (TPSA) is 35.5 Å². The normalized spacial score (nSPS) is 12.2. The molecule has 1 rings (SSSR count). The van der Waals surface area contributed by atoms with Crippen LogP contribution in [0.3, 0.4) is 0 Å². The monoisotopic (exact) mass is 274 g/mol. The Morgan fingerprint density at radius 2 is 2.05 bits per heavy atom. The van der Waals surface area contributed by atoms with Crippen molar-refractivity contribution in [3.8, 4) is 5.75 Å². The van der Waals surface area contributed by atoms with E-state index in [1.165, 1.54) is 19.1 Å². The quantitative estimate of drug-likeness (QED) is 0.478. The van der Waals surface area contributed by atoms with Crippen LogP contribution < -0.4 is 4.74 Å². The van der Waals surface area contributed by atoms with Gasteiger partial charge in [-0.1, -0.05) is 6.07 Å². The van der Waals surface area contributed by atoms with Crippen LogP contribution in [0.15, 0.2) is 36.1 Å². The number of halogens is 3. The van der Waals surface area contributed by atoms with Crippen LogP contribution in [-0.2, 0) is 15.7 Å². The smallest absolute Gasteiger partial charge is 0.416 e. The summed E-state index contributed by atoms with van der Waals surface area (Å²) in [7, 11) is 0. The van der Waals surface area contributed by atoms with E-state index in [2.05, 4.69) is 4.74 Å². The van der Waals surface area contributed by atoms with Crippen molar-refractivity contribution in [2.24, 2.45) is 0 Å². The van der Waals surface area contributed by atoms with Crippen LogP contribution in [0.1, 0.15) is 19.4 Å². The predicted molar refractivity (Wildman–Crippen MR) is 62.5 cm³/mol. The second kappa shape index (κ2) is 6.26. The van der Waals surface area contributed by atoms with Gasteiger partial charge in [-0.25, -0.2) is 4.79 Å². The third kappa shape index (κ3) is 5.03. The summed E-state index contributed by atoms with van der Waals surface area (Å²) in [5, 5.41) is 0. The van der Waals surface area contributed by atoms with Gasteiger partial charge in [-0.15, -0.1) is 0 Å². The molecule has 0 bridgehead atoms. The number of allylic oxidation sites excluding steroid dienone is 1. The number of alkyl halides is 3. The molecule has 0 aromatic heterocycles. The molecule has 0 aliphatic heterocycles. The number of carbonyl (C=O) groups excluding carboxylic acids is 1. The second-order valence-corrected chi connectivity index (χ2v) is 3.63. The van der Waals surface area contributed by atoms with Crippen molar-refractivity contribution in [2.45, 2.75) is 20.0 Å². The molecule has 3 nitrogen and oxygen atoms in total. The Kier molecular flexibility index (Phi) is 4.97. The third-order valence-corrected chi connectivity index (χ3v) is 2.05. The molecule has 0 unspecified atom stereocenters. The molecule has 0 heterocycles. The minimum Gasteiger partial charge on any atom is -0.463 e. The highest BCUT2D eigenvalue weighted by Gasteiger charge is 2.30. The van der Waals surface area contributed by atoms with E-state index in [1.807, 2.05) is 0 Å². The zero-order chi connectivity index (χ0) is 14.5. The molecule has 0 radical (unpaired) electrons. The standard InChI is InChI=1S/C13H13F3O3/c1-3-18-12(17)7-9(2)19-11-6-4-5-10(8-11)13(14,15)16/h4-8H,3H2,1-2H3/b9-7-. The van der Waals surface area contributed by atoms with Gasteiger partial charge in [-0.3, -0.25) is 0 Å². The van der Waals surface area contributed by atoms with E-state index in [0.29, 0.717) is 0 Å². The lowest BCUT2D eigenvalue weighted by Gasteiger charge is -2.10. The minimum atomic E-state index is -4.43. The Labute approximate surface area is 108 Å². The fourth-order valence-corrected chi connectivity index (χ4v) is 1.30. The number of benzene rings is 1. The number of hydrogen-bond donors (Lipinski definition) is 0. The number of hydrogen-bond acceptors (Lipinski definition) is 3. The molecule has 1 aromatic rings. The highest BCUT2D eigenvalue weighted by Crippen LogP contribution is 2.31.